The molecule has 1 fully saturated rings. The Morgan fingerprint density at radius 1 is 1.58 bits per heavy atom. The third-order valence-electron chi connectivity index (χ3n) is 3.66. The molecule has 0 aliphatic carbocycles. The van der Waals surface area contributed by atoms with Gasteiger partial charge in [-0.05, 0) is 13.8 Å². The largest absolute Gasteiger partial charge is 0.339 e. The summed E-state index contributed by atoms with van der Waals surface area (Å²) in [4.78, 5) is 21.9. The van der Waals surface area contributed by atoms with Crippen molar-refractivity contribution in [3.63, 3.8) is 0 Å². The van der Waals surface area contributed by atoms with Gasteiger partial charge >= 0.3 is 0 Å². The molecule has 0 aromatic carbocycles. The first kappa shape index (κ1) is 14.4. The summed E-state index contributed by atoms with van der Waals surface area (Å²) in [6.45, 7) is 8.48. The Bertz CT molecular complexity index is 428. The minimum atomic E-state index is -0.0414. The summed E-state index contributed by atoms with van der Waals surface area (Å²) in [5.74, 6) is 0.190. The predicted molar refractivity (Wildman–Crippen MR) is 77.2 cm³/mol. The van der Waals surface area contributed by atoms with Crippen molar-refractivity contribution in [2.45, 2.75) is 26.4 Å². The number of likely N-dealkylation sites (N-methyl/N-ethyl adjacent to an activating group) is 1. The Morgan fingerprint density at radius 3 is 2.84 bits per heavy atom. The number of carbonyl (C=O) groups is 1. The third-order valence-corrected chi connectivity index (χ3v) is 4.58. The van der Waals surface area contributed by atoms with Gasteiger partial charge in [0.15, 0.2) is 0 Å². The molecule has 5 nitrogen and oxygen atoms in total. The van der Waals surface area contributed by atoms with Crippen LogP contribution in [0, 0.1) is 6.92 Å². The molecule has 1 unspecified atom stereocenters. The topological polar surface area (TPSA) is 48.5 Å². The zero-order chi connectivity index (χ0) is 13.8. The molecule has 1 saturated heterocycles. The lowest BCUT2D eigenvalue weighted by Crippen LogP contribution is -2.52. The number of thiazole rings is 1. The maximum atomic E-state index is 12.4. The molecule has 6 heteroatoms. The Labute approximate surface area is 118 Å². The van der Waals surface area contributed by atoms with Crippen molar-refractivity contribution in [1.82, 2.24) is 20.1 Å². The lowest BCUT2D eigenvalue weighted by atomic mass is 10.2. The highest BCUT2D eigenvalue weighted by Crippen LogP contribution is 2.15. The molecular formula is C13H22N4OS. The van der Waals surface area contributed by atoms with Gasteiger partial charge in [-0.2, -0.15) is 0 Å². The number of hydrogen-bond acceptors (Lipinski definition) is 5. The SMILES string of the molecule is Cc1ncsc1CN(C)C(=O)C(C)N1CCNCC1. The Balaban J connectivity index is 1.92. The van der Waals surface area contributed by atoms with Crippen molar-refractivity contribution in [2.75, 3.05) is 33.2 Å². The lowest BCUT2D eigenvalue weighted by molar-refractivity contribution is -0.135. The van der Waals surface area contributed by atoms with E-state index in [1.165, 1.54) is 4.88 Å². The minimum absolute atomic E-state index is 0.0414. The first-order valence-corrected chi connectivity index (χ1v) is 7.56. The molecule has 1 atom stereocenters. The molecule has 0 spiro atoms. The van der Waals surface area contributed by atoms with Crippen LogP contribution in [0.25, 0.3) is 0 Å². The maximum absolute atomic E-state index is 12.4. The van der Waals surface area contributed by atoms with E-state index in [0.29, 0.717) is 6.54 Å². The molecule has 0 bridgehead atoms. The van der Waals surface area contributed by atoms with Crippen molar-refractivity contribution in [3.8, 4) is 0 Å². The molecule has 106 valence electrons. The van der Waals surface area contributed by atoms with Gasteiger partial charge in [0, 0.05) is 38.1 Å². The Hall–Kier alpha value is -0.980. The number of rotatable bonds is 4. The number of hydrogen-bond donors (Lipinski definition) is 1. The summed E-state index contributed by atoms with van der Waals surface area (Å²) in [7, 11) is 1.88. The van der Waals surface area contributed by atoms with Gasteiger partial charge < -0.3 is 10.2 Å². The molecule has 2 heterocycles. The summed E-state index contributed by atoms with van der Waals surface area (Å²) < 4.78 is 0. The average molecular weight is 282 g/mol. The van der Waals surface area contributed by atoms with Crippen molar-refractivity contribution in [3.05, 3.63) is 16.1 Å². The first-order chi connectivity index (χ1) is 9.09. The van der Waals surface area contributed by atoms with Crippen LogP contribution in [0.3, 0.4) is 0 Å². The van der Waals surface area contributed by atoms with Crippen LogP contribution in [0.5, 0.6) is 0 Å². The van der Waals surface area contributed by atoms with Gasteiger partial charge in [0.05, 0.1) is 23.8 Å². The van der Waals surface area contributed by atoms with Gasteiger partial charge in [-0.3, -0.25) is 9.69 Å². The Kier molecular flexibility index (Phi) is 4.90. The molecule has 1 amide bonds. The molecule has 2 rings (SSSR count). The second kappa shape index (κ2) is 6.45. The zero-order valence-electron chi connectivity index (χ0n) is 11.8. The molecular weight excluding hydrogens is 260 g/mol. The summed E-state index contributed by atoms with van der Waals surface area (Å²) in [6, 6.07) is -0.0414. The fraction of sp³-hybridized carbons (Fsp3) is 0.692. The van der Waals surface area contributed by atoms with Gasteiger partial charge in [-0.15, -0.1) is 11.3 Å². The number of carbonyl (C=O) groups excluding carboxylic acids is 1. The second-order valence-electron chi connectivity index (χ2n) is 5.02. The number of aromatic nitrogens is 1. The maximum Gasteiger partial charge on any atom is 0.239 e. The van der Waals surface area contributed by atoms with Crippen LogP contribution in [0.1, 0.15) is 17.5 Å². The second-order valence-corrected chi connectivity index (χ2v) is 5.96. The van der Waals surface area contributed by atoms with Crippen LogP contribution in [-0.4, -0.2) is 60.0 Å². The summed E-state index contributed by atoms with van der Waals surface area (Å²) in [6.07, 6.45) is 0. The molecule has 19 heavy (non-hydrogen) atoms. The first-order valence-electron chi connectivity index (χ1n) is 6.68. The van der Waals surface area contributed by atoms with Gasteiger partial charge in [0.1, 0.15) is 0 Å². The van der Waals surface area contributed by atoms with E-state index in [9.17, 15) is 4.79 Å². The van der Waals surface area contributed by atoms with Crippen molar-refractivity contribution >= 4 is 17.2 Å². The Morgan fingerprint density at radius 2 is 2.26 bits per heavy atom. The van der Waals surface area contributed by atoms with E-state index in [1.54, 1.807) is 11.3 Å². The van der Waals surface area contributed by atoms with Crippen LogP contribution in [-0.2, 0) is 11.3 Å². The van der Waals surface area contributed by atoms with Crippen LogP contribution < -0.4 is 5.32 Å². The fourth-order valence-electron chi connectivity index (χ4n) is 2.32. The smallest absolute Gasteiger partial charge is 0.239 e. The highest BCUT2D eigenvalue weighted by Gasteiger charge is 2.25. The monoisotopic (exact) mass is 282 g/mol. The standard InChI is InChI=1S/C13H22N4OS/c1-10-12(19-9-15-10)8-16(3)13(18)11(2)17-6-4-14-5-7-17/h9,11,14H,4-8H2,1-3H3. The number of piperazine rings is 1. The zero-order valence-corrected chi connectivity index (χ0v) is 12.7. The third kappa shape index (κ3) is 3.52. The number of nitrogens with one attached hydrogen (secondary N) is 1. The van der Waals surface area contributed by atoms with Gasteiger partial charge in [0.2, 0.25) is 5.91 Å². The molecule has 1 aliphatic rings. The fourth-order valence-corrected chi connectivity index (χ4v) is 3.15. The molecule has 0 radical (unpaired) electrons. The number of aryl methyl sites for hydroxylation is 1. The van der Waals surface area contributed by atoms with E-state index in [0.717, 1.165) is 31.9 Å². The van der Waals surface area contributed by atoms with Crippen LogP contribution >= 0.6 is 11.3 Å². The average Bonchev–Trinajstić information content (AvgIpc) is 2.83. The van der Waals surface area contributed by atoms with E-state index in [1.807, 2.05) is 31.3 Å². The van der Waals surface area contributed by atoms with E-state index in [2.05, 4.69) is 15.2 Å². The molecule has 1 aromatic rings. The molecule has 0 saturated carbocycles. The van der Waals surface area contributed by atoms with Crippen LogP contribution in [0.4, 0.5) is 0 Å². The number of amides is 1. The molecule has 1 aliphatic heterocycles. The lowest BCUT2D eigenvalue weighted by Gasteiger charge is -2.33. The summed E-state index contributed by atoms with van der Waals surface area (Å²) in [5.41, 5.74) is 2.86. The van der Waals surface area contributed by atoms with E-state index in [-0.39, 0.29) is 11.9 Å². The van der Waals surface area contributed by atoms with Crippen molar-refractivity contribution < 1.29 is 4.79 Å². The quantitative estimate of drug-likeness (QED) is 0.883. The van der Waals surface area contributed by atoms with Gasteiger partial charge in [-0.1, -0.05) is 0 Å². The van der Waals surface area contributed by atoms with Crippen LogP contribution in [0.2, 0.25) is 0 Å². The predicted octanol–water partition coefficient (Wildman–Crippen LogP) is 0.704. The molecule has 1 aromatic heterocycles. The normalized spacial score (nSPS) is 18.3. The van der Waals surface area contributed by atoms with Crippen LogP contribution in [0.15, 0.2) is 5.51 Å². The number of nitrogens with zero attached hydrogens (tertiary/aromatic N) is 3. The highest BCUT2D eigenvalue weighted by atomic mass is 32.1. The highest BCUT2D eigenvalue weighted by molar-refractivity contribution is 7.09. The van der Waals surface area contributed by atoms with Crippen molar-refractivity contribution in [1.29, 1.82) is 0 Å². The van der Waals surface area contributed by atoms with E-state index < -0.39 is 0 Å². The van der Waals surface area contributed by atoms with E-state index >= 15 is 0 Å². The summed E-state index contributed by atoms with van der Waals surface area (Å²) in [5, 5.41) is 3.31. The van der Waals surface area contributed by atoms with Crippen molar-refractivity contribution in [2.24, 2.45) is 0 Å². The van der Waals surface area contributed by atoms with Gasteiger partial charge in [0.25, 0.3) is 0 Å². The van der Waals surface area contributed by atoms with Gasteiger partial charge in [-0.25, -0.2) is 4.98 Å². The summed E-state index contributed by atoms with van der Waals surface area (Å²) >= 11 is 1.61. The molecule has 1 N–H and O–H groups in total. The minimum Gasteiger partial charge on any atom is -0.339 e. The van der Waals surface area contributed by atoms with E-state index in [4.69, 9.17) is 0 Å².